The molecule has 0 spiro atoms. The molecule has 0 heterocycles. The predicted molar refractivity (Wildman–Crippen MR) is 68.4 cm³/mol. The summed E-state index contributed by atoms with van der Waals surface area (Å²) >= 11 is 0. The van der Waals surface area contributed by atoms with Crippen LogP contribution in [-0.2, 0) is 4.79 Å². The molecule has 4 heteroatoms. The van der Waals surface area contributed by atoms with Crippen LogP contribution in [0.2, 0.25) is 38.3 Å². The minimum absolute atomic E-state index is 0.294. The van der Waals surface area contributed by atoms with Crippen LogP contribution >= 0.6 is 0 Å². The van der Waals surface area contributed by atoms with Crippen LogP contribution in [0.15, 0.2) is 0 Å². The molecule has 0 saturated carbocycles. The van der Waals surface area contributed by atoms with Crippen molar-refractivity contribution in [1.82, 2.24) is 4.23 Å². The van der Waals surface area contributed by atoms with E-state index in [0.29, 0.717) is 5.91 Å². The van der Waals surface area contributed by atoms with E-state index in [-0.39, 0.29) is 0 Å². The van der Waals surface area contributed by atoms with Gasteiger partial charge < -0.3 is 4.23 Å². The van der Waals surface area contributed by atoms with E-state index in [1.54, 1.807) is 6.92 Å². The smallest absolute Gasteiger partial charge is 0.203 e. The van der Waals surface area contributed by atoms with Gasteiger partial charge in [-0.25, -0.2) is 0 Å². The van der Waals surface area contributed by atoms with Gasteiger partial charge in [-0.3, -0.25) is 4.79 Å². The summed E-state index contributed by atoms with van der Waals surface area (Å²) in [6.07, 6.45) is 0. The maximum absolute atomic E-state index is 11.8. The highest BCUT2D eigenvalue weighted by atomic mass is 28.4. The summed E-state index contributed by atoms with van der Waals surface area (Å²) in [4.78, 5) is 11.8. The zero-order valence-electron chi connectivity index (χ0n) is 10.8. The van der Waals surface area contributed by atoms with E-state index in [4.69, 9.17) is 0 Å². The molecule has 0 aromatic rings. The van der Waals surface area contributed by atoms with Gasteiger partial charge in [-0.2, -0.15) is 0 Å². The van der Waals surface area contributed by atoms with Gasteiger partial charge in [0.15, 0.2) is 0 Å². The monoisotopic (exact) mass is 231 g/mol. The minimum atomic E-state index is -1.48. The molecule has 1 amide bonds. The van der Waals surface area contributed by atoms with E-state index in [2.05, 4.69) is 44.3 Å². The largest absolute Gasteiger partial charge is 0.396 e. The molecule has 0 aromatic heterocycles. The number of nitrogens with zero attached hydrogens (tertiary/aromatic N) is 1. The lowest BCUT2D eigenvalue weighted by molar-refractivity contribution is -0.122. The van der Waals surface area contributed by atoms with Gasteiger partial charge in [-0.1, -0.05) is 40.0 Å². The summed E-state index contributed by atoms with van der Waals surface area (Å²) in [5, 5.41) is 0. The van der Waals surface area contributed by atoms with Crippen molar-refractivity contribution in [2.45, 2.75) is 59.0 Å². The van der Waals surface area contributed by atoms with Crippen molar-refractivity contribution in [2.75, 3.05) is 0 Å². The van der Waals surface area contributed by atoms with Gasteiger partial charge in [0.1, 0.15) is 16.5 Å². The number of amides is 1. The lowest BCUT2D eigenvalue weighted by Crippen LogP contribution is -2.63. The third-order valence-electron chi connectivity index (χ3n) is 3.26. The van der Waals surface area contributed by atoms with Crippen molar-refractivity contribution in [2.24, 2.45) is 0 Å². The van der Waals surface area contributed by atoms with Gasteiger partial charge in [-0.05, 0) is 12.1 Å². The van der Waals surface area contributed by atoms with Crippen LogP contribution in [0.5, 0.6) is 0 Å². The van der Waals surface area contributed by atoms with Gasteiger partial charge in [0.2, 0.25) is 5.91 Å². The fourth-order valence-corrected chi connectivity index (χ4v) is 11.8. The van der Waals surface area contributed by atoms with Crippen LogP contribution in [0.1, 0.15) is 20.8 Å². The van der Waals surface area contributed by atoms with Gasteiger partial charge in [0, 0.05) is 6.92 Å². The average molecular weight is 231 g/mol. The van der Waals surface area contributed by atoms with E-state index in [1.807, 2.05) is 0 Å². The molecule has 0 atom stereocenters. The van der Waals surface area contributed by atoms with E-state index in [0.717, 1.165) is 12.1 Å². The Bertz CT molecular complexity index is 198. The molecular formula is C10H25NOSi2. The normalized spacial score (nSPS) is 12.8. The fourth-order valence-electron chi connectivity index (χ4n) is 1.99. The molecule has 0 fully saturated rings. The number of carbonyl (C=O) groups is 1. The predicted octanol–water partition coefficient (Wildman–Crippen LogP) is 3.28. The standard InChI is InChI=1S/C10H25NOSi2/c1-8-13(4,5)11(10(3)12)14(6,7)9-2/h8-9H2,1-7H3. The molecule has 0 bridgehead atoms. The first kappa shape index (κ1) is 13.9. The molecular weight excluding hydrogens is 206 g/mol. The number of rotatable bonds is 4. The van der Waals surface area contributed by atoms with Gasteiger partial charge in [0.25, 0.3) is 0 Å². The van der Waals surface area contributed by atoms with Crippen molar-refractivity contribution in [3.8, 4) is 0 Å². The summed E-state index contributed by atoms with van der Waals surface area (Å²) in [5.74, 6) is 0.294. The highest BCUT2D eigenvalue weighted by Crippen LogP contribution is 2.25. The second-order valence-corrected chi connectivity index (χ2v) is 15.2. The summed E-state index contributed by atoms with van der Waals surface area (Å²) in [5.41, 5.74) is 0. The Morgan fingerprint density at radius 1 is 1.00 bits per heavy atom. The van der Waals surface area contributed by atoms with Crippen LogP contribution in [-0.4, -0.2) is 26.6 Å². The lowest BCUT2D eigenvalue weighted by Gasteiger charge is -2.46. The highest BCUT2D eigenvalue weighted by molar-refractivity contribution is 6.93. The van der Waals surface area contributed by atoms with Crippen molar-refractivity contribution in [3.63, 3.8) is 0 Å². The topological polar surface area (TPSA) is 20.3 Å². The zero-order chi connectivity index (χ0) is 11.6. The Labute approximate surface area is 90.9 Å². The molecule has 0 aliphatic heterocycles. The molecule has 0 radical (unpaired) electrons. The third-order valence-corrected chi connectivity index (χ3v) is 13.4. The van der Waals surface area contributed by atoms with E-state index >= 15 is 0 Å². The van der Waals surface area contributed by atoms with E-state index < -0.39 is 16.5 Å². The average Bonchev–Trinajstić information content (AvgIpc) is 2.02. The minimum Gasteiger partial charge on any atom is -0.396 e. The first-order valence-corrected chi connectivity index (χ1v) is 11.8. The molecule has 0 aliphatic carbocycles. The van der Waals surface area contributed by atoms with Crippen molar-refractivity contribution in [3.05, 3.63) is 0 Å². The van der Waals surface area contributed by atoms with Gasteiger partial charge in [-0.15, -0.1) is 0 Å². The molecule has 0 aromatic carbocycles. The van der Waals surface area contributed by atoms with Crippen LogP contribution in [0.3, 0.4) is 0 Å². The summed E-state index contributed by atoms with van der Waals surface area (Å²) < 4.78 is 2.29. The maximum atomic E-state index is 11.8. The fraction of sp³-hybridized carbons (Fsp3) is 0.900. The van der Waals surface area contributed by atoms with E-state index in [9.17, 15) is 4.79 Å². The van der Waals surface area contributed by atoms with Crippen molar-refractivity contribution < 1.29 is 4.79 Å². The molecule has 14 heavy (non-hydrogen) atoms. The number of carbonyl (C=O) groups excluding carboxylic acids is 1. The zero-order valence-corrected chi connectivity index (χ0v) is 12.8. The maximum Gasteiger partial charge on any atom is 0.203 e. The first-order chi connectivity index (χ1) is 6.19. The molecule has 0 rings (SSSR count). The van der Waals surface area contributed by atoms with Crippen LogP contribution in [0.4, 0.5) is 0 Å². The quantitative estimate of drug-likeness (QED) is 0.680. The van der Waals surface area contributed by atoms with E-state index in [1.165, 1.54) is 0 Å². The van der Waals surface area contributed by atoms with Gasteiger partial charge in [0.05, 0.1) is 0 Å². The first-order valence-electron chi connectivity index (χ1n) is 5.50. The molecule has 0 N–H and O–H groups in total. The Kier molecular flexibility index (Phi) is 4.58. The Morgan fingerprint density at radius 3 is 1.43 bits per heavy atom. The Balaban J connectivity index is 5.06. The Morgan fingerprint density at radius 2 is 1.29 bits per heavy atom. The second kappa shape index (κ2) is 4.62. The van der Waals surface area contributed by atoms with Crippen LogP contribution < -0.4 is 0 Å². The summed E-state index contributed by atoms with van der Waals surface area (Å²) in [7, 11) is -2.96. The van der Waals surface area contributed by atoms with Gasteiger partial charge >= 0.3 is 0 Å². The SMILES string of the molecule is CC[Si](C)(C)N(C(C)=O)[Si](C)(C)CC. The summed E-state index contributed by atoms with van der Waals surface area (Å²) in [6.45, 7) is 15.4. The molecule has 0 unspecified atom stereocenters. The summed E-state index contributed by atoms with van der Waals surface area (Å²) in [6, 6.07) is 2.31. The number of hydrogen-bond donors (Lipinski definition) is 0. The second-order valence-electron chi connectivity index (χ2n) is 5.19. The van der Waals surface area contributed by atoms with Crippen molar-refractivity contribution >= 4 is 22.4 Å². The third kappa shape index (κ3) is 2.95. The van der Waals surface area contributed by atoms with Crippen molar-refractivity contribution in [1.29, 1.82) is 0 Å². The lowest BCUT2D eigenvalue weighted by atomic mass is 10.8. The van der Waals surface area contributed by atoms with Crippen LogP contribution in [0.25, 0.3) is 0 Å². The molecule has 0 aliphatic rings. The van der Waals surface area contributed by atoms with Crippen LogP contribution in [0, 0.1) is 0 Å². The highest BCUT2D eigenvalue weighted by Gasteiger charge is 2.40. The number of hydrogen-bond acceptors (Lipinski definition) is 1. The molecule has 2 nitrogen and oxygen atoms in total. The molecule has 84 valence electrons. The Hall–Kier alpha value is -0.0962. The molecule has 0 saturated heterocycles.